The van der Waals surface area contributed by atoms with E-state index in [1.54, 1.807) is 6.08 Å². The lowest BCUT2D eigenvalue weighted by Crippen LogP contribution is -2.32. The number of nitrogens with two attached hydrogens (primary N) is 1. The molecule has 120 valence electrons. The van der Waals surface area contributed by atoms with Gasteiger partial charge in [-0.25, -0.2) is 0 Å². The fraction of sp³-hybridized carbons (Fsp3) is 0.176. The first kappa shape index (κ1) is 16.4. The number of carbonyl (C=O) groups is 1. The van der Waals surface area contributed by atoms with Crippen molar-refractivity contribution < 1.29 is 9.53 Å². The number of nitrogens with one attached hydrogen (secondary N) is 1. The first-order valence-electron chi connectivity index (χ1n) is 7.20. The number of hydrogen-bond acceptors (Lipinski definition) is 4. The predicted molar refractivity (Wildman–Crippen MR) is 88.8 cm³/mol. The minimum atomic E-state index is -0.463. The Labute approximate surface area is 134 Å². The van der Waals surface area contributed by atoms with E-state index in [4.69, 9.17) is 10.6 Å². The van der Waals surface area contributed by atoms with Gasteiger partial charge in [-0.15, -0.1) is 6.58 Å². The highest BCUT2D eigenvalue weighted by molar-refractivity contribution is 5.95. The molecule has 0 unspecified atom stereocenters. The molecule has 1 heterocycles. The highest BCUT2D eigenvalue weighted by Gasteiger charge is 2.19. The van der Waals surface area contributed by atoms with E-state index in [1.165, 1.54) is 12.3 Å². The van der Waals surface area contributed by atoms with Crippen molar-refractivity contribution in [2.24, 2.45) is 0 Å². The Bertz CT molecular complexity index is 738. The summed E-state index contributed by atoms with van der Waals surface area (Å²) in [6.45, 7) is 4.17. The molecule has 1 aromatic heterocycles. The number of pyridine rings is 1. The molecule has 1 aromatic carbocycles. The first-order chi connectivity index (χ1) is 11.1. The van der Waals surface area contributed by atoms with E-state index >= 15 is 0 Å². The average molecular weight is 313 g/mol. The Hall–Kier alpha value is -3.02. The largest absolute Gasteiger partial charge is 0.482 e. The summed E-state index contributed by atoms with van der Waals surface area (Å²) >= 11 is 0. The molecule has 0 fully saturated rings. The van der Waals surface area contributed by atoms with Gasteiger partial charge in [0, 0.05) is 18.8 Å². The van der Waals surface area contributed by atoms with Crippen molar-refractivity contribution in [1.82, 2.24) is 9.99 Å². The quantitative estimate of drug-likeness (QED) is 0.460. The second-order valence-electron chi connectivity index (χ2n) is 4.87. The third-order valence-corrected chi connectivity index (χ3v) is 3.16. The third-order valence-electron chi connectivity index (χ3n) is 3.16. The first-order valence-corrected chi connectivity index (χ1v) is 7.20. The second-order valence-corrected chi connectivity index (χ2v) is 4.87. The lowest BCUT2D eigenvalue weighted by atomic mass is 10.2. The minimum absolute atomic E-state index is 0.00232. The standard InChI is InChI=1S/C17H19N3O3/c1-2-3-10-19-17(22)15-16(14(21)9-11-20(15)18)23-12-13-7-5-4-6-8-13/h2,4-9,11H,1,3,10,12,18H2,(H,19,22). The van der Waals surface area contributed by atoms with Crippen LogP contribution in [0.4, 0.5) is 0 Å². The monoisotopic (exact) mass is 313 g/mol. The number of amides is 1. The summed E-state index contributed by atoms with van der Waals surface area (Å²) in [5.41, 5.74) is 0.492. The third kappa shape index (κ3) is 4.23. The van der Waals surface area contributed by atoms with Crippen molar-refractivity contribution in [3.8, 4) is 5.75 Å². The van der Waals surface area contributed by atoms with Crippen molar-refractivity contribution in [3.05, 3.63) is 76.7 Å². The molecule has 0 aliphatic rings. The van der Waals surface area contributed by atoms with Gasteiger partial charge in [-0.2, -0.15) is 0 Å². The molecule has 1 amide bonds. The van der Waals surface area contributed by atoms with Crippen LogP contribution in [-0.4, -0.2) is 17.1 Å². The van der Waals surface area contributed by atoms with Gasteiger partial charge in [0.2, 0.25) is 5.43 Å². The molecular weight excluding hydrogens is 294 g/mol. The Morgan fingerprint density at radius 2 is 2.04 bits per heavy atom. The maximum absolute atomic E-state index is 12.3. The highest BCUT2D eigenvalue weighted by atomic mass is 16.5. The predicted octanol–water partition coefficient (Wildman–Crippen LogP) is 1.45. The SMILES string of the molecule is C=CCCNC(=O)c1c(OCc2ccccc2)c(=O)ccn1N. The zero-order chi connectivity index (χ0) is 16.7. The van der Waals surface area contributed by atoms with Crippen LogP contribution in [0, 0.1) is 0 Å². The highest BCUT2D eigenvalue weighted by Crippen LogP contribution is 2.14. The number of rotatable bonds is 7. The van der Waals surface area contributed by atoms with E-state index in [0.717, 1.165) is 10.2 Å². The minimum Gasteiger partial charge on any atom is -0.482 e. The van der Waals surface area contributed by atoms with E-state index in [2.05, 4.69) is 11.9 Å². The van der Waals surface area contributed by atoms with Crippen LogP contribution in [0.15, 0.2) is 60.0 Å². The Kier molecular flexibility index (Phi) is 5.57. The van der Waals surface area contributed by atoms with Crippen LogP contribution >= 0.6 is 0 Å². The number of hydrogen-bond donors (Lipinski definition) is 2. The van der Waals surface area contributed by atoms with Crippen LogP contribution in [0.3, 0.4) is 0 Å². The average Bonchev–Trinajstić information content (AvgIpc) is 2.56. The van der Waals surface area contributed by atoms with Crippen LogP contribution in [-0.2, 0) is 6.61 Å². The van der Waals surface area contributed by atoms with Gasteiger partial charge in [0.25, 0.3) is 5.91 Å². The van der Waals surface area contributed by atoms with E-state index in [1.807, 2.05) is 30.3 Å². The molecule has 0 aliphatic heterocycles. The second kappa shape index (κ2) is 7.84. The van der Waals surface area contributed by atoms with Crippen molar-refractivity contribution in [2.45, 2.75) is 13.0 Å². The van der Waals surface area contributed by atoms with Gasteiger partial charge < -0.3 is 15.9 Å². The summed E-state index contributed by atoms with van der Waals surface area (Å²) in [6.07, 6.45) is 3.64. The number of nitrogen functional groups attached to an aromatic ring is 1. The van der Waals surface area contributed by atoms with Crippen LogP contribution in [0.2, 0.25) is 0 Å². The summed E-state index contributed by atoms with van der Waals surface area (Å²) < 4.78 is 6.66. The molecule has 6 heteroatoms. The van der Waals surface area contributed by atoms with E-state index in [-0.39, 0.29) is 18.1 Å². The molecule has 0 saturated carbocycles. The lowest BCUT2D eigenvalue weighted by Gasteiger charge is -2.14. The zero-order valence-corrected chi connectivity index (χ0v) is 12.7. The van der Waals surface area contributed by atoms with Crippen LogP contribution in [0.1, 0.15) is 22.5 Å². The Morgan fingerprint density at radius 1 is 1.30 bits per heavy atom. The summed E-state index contributed by atoms with van der Waals surface area (Å²) in [6, 6.07) is 10.6. The molecule has 0 spiro atoms. The van der Waals surface area contributed by atoms with Gasteiger partial charge in [0.15, 0.2) is 11.4 Å². The maximum atomic E-state index is 12.3. The van der Waals surface area contributed by atoms with Crippen molar-refractivity contribution in [3.63, 3.8) is 0 Å². The van der Waals surface area contributed by atoms with Gasteiger partial charge in [-0.1, -0.05) is 36.4 Å². The van der Waals surface area contributed by atoms with Gasteiger partial charge >= 0.3 is 0 Å². The molecule has 6 nitrogen and oxygen atoms in total. The molecule has 0 radical (unpaired) electrons. The summed E-state index contributed by atoms with van der Waals surface area (Å²) in [7, 11) is 0. The van der Waals surface area contributed by atoms with Crippen molar-refractivity contribution in [1.29, 1.82) is 0 Å². The topological polar surface area (TPSA) is 86.3 Å². The molecule has 2 aromatic rings. The number of nitrogens with zero attached hydrogens (tertiary/aromatic N) is 1. The van der Waals surface area contributed by atoms with Gasteiger partial charge in [0.1, 0.15) is 6.61 Å². The van der Waals surface area contributed by atoms with E-state index in [0.29, 0.717) is 13.0 Å². The number of aromatic nitrogens is 1. The van der Waals surface area contributed by atoms with Crippen LogP contribution in [0.5, 0.6) is 5.75 Å². The van der Waals surface area contributed by atoms with Crippen molar-refractivity contribution in [2.75, 3.05) is 12.4 Å². The normalized spacial score (nSPS) is 10.1. The molecule has 0 saturated heterocycles. The molecule has 3 N–H and O–H groups in total. The molecule has 0 aliphatic carbocycles. The van der Waals surface area contributed by atoms with Crippen LogP contribution in [0.25, 0.3) is 0 Å². The van der Waals surface area contributed by atoms with E-state index < -0.39 is 11.3 Å². The molecule has 23 heavy (non-hydrogen) atoms. The lowest BCUT2D eigenvalue weighted by molar-refractivity contribution is 0.0940. The molecular formula is C17H19N3O3. The Balaban J connectivity index is 2.23. The van der Waals surface area contributed by atoms with E-state index in [9.17, 15) is 9.59 Å². The fourth-order valence-electron chi connectivity index (χ4n) is 1.99. The summed E-state index contributed by atoms with van der Waals surface area (Å²) in [5.74, 6) is 5.26. The van der Waals surface area contributed by atoms with Gasteiger partial charge in [0.05, 0.1) is 0 Å². The van der Waals surface area contributed by atoms with Crippen molar-refractivity contribution >= 4 is 5.91 Å². The fourth-order valence-corrected chi connectivity index (χ4v) is 1.99. The number of carbonyl (C=O) groups excluding carboxylic acids is 1. The maximum Gasteiger partial charge on any atom is 0.273 e. The molecule has 2 rings (SSSR count). The number of benzene rings is 1. The Morgan fingerprint density at radius 3 is 2.74 bits per heavy atom. The zero-order valence-electron chi connectivity index (χ0n) is 12.7. The smallest absolute Gasteiger partial charge is 0.273 e. The summed E-state index contributed by atoms with van der Waals surface area (Å²) in [4.78, 5) is 24.3. The van der Waals surface area contributed by atoms with Gasteiger partial charge in [-0.3, -0.25) is 14.3 Å². The van der Waals surface area contributed by atoms with Crippen LogP contribution < -0.4 is 21.3 Å². The molecule has 0 atom stereocenters. The number of ether oxygens (including phenoxy) is 1. The molecule has 0 bridgehead atoms. The summed E-state index contributed by atoms with van der Waals surface area (Å²) in [5, 5.41) is 2.68. The van der Waals surface area contributed by atoms with Gasteiger partial charge in [-0.05, 0) is 12.0 Å².